The van der Waals surface area contributed by atoms with E-state index in [1.165, 1.54) is 0 Å². The third kappa shape index (κ3) is 3.27. The van der Waals surface area contributed by atoms with Gasteiger partial charge in [0.05, 0.1) is 6.61 Å². The normalized spacial score (nSPS) is 25.0. The number of nitrogens with zero attached hydrogens (tertiary/aromatic N) is 3. The second kappa shape index (κ2) is 6.98. The quantitative estimate of drug-likeness (QED) is 0.722. The highest BCUT2D eigenvalue weighted by molar-refractivity contribution is 5.92. The number of H-pyrrole nitrogens is 1. The molecule has 0 radical (unpaired) electrons. The molecule has 2 fully saturated rings. The van der Waals surface area contributed by atoms with E-state index >= 15 is 0 Å². The Balaban J connectivity index is 1.64. The van der Waals surface area contributed by atoms with Gasteiger partial charge in [0.1, 0.15) is 5.69 Å². The van der Waals surface area contributed by atoms with Crippen molar-refractivity contribution in [2.45, 2.75) is 19.3 Å². The Kier molecular flexibility index (Phi) is 4.99. The lowest BCUT2D eigenvalue weighted by Gasteiger charge is -2.51. The van der Waals surface area contributed by atoms with Gasteiger partial charge in [-0.2, -0.15) is 5.10 Å². The molecule has 2 aliphatic heterocycles. The monoisotopic (exact) mass is 322 g/mol. The molecule has 0 saturated carbocycles. The maximum absolute atomic E-state index is 12.5. The minimum Gasteiger partial charge on any atom is -0.396 e. The lowest BCUT2D eigenvalue weighted by Crippen LogP contribution is -2.54. The van der Waals surface area contributed by atoms with Gasteiger partial charge >= 0.3 is 0 Å². The molecule has 7 heteroatoms. The molecule has 0 aliphatic carbocycles. The van der Waals surface area contributed by atoms with Crippen LogP contribution < -0.4 is 0 Å². The average Bonchev–Trinajstić information content (AvgIpc) is 3.11. The van der Waals surface area contributed by atoms with Gasteiger partial charge in [-0.3, -0.25) is 9.89 Å². The number of carbonyl (C=O) groups is 1. The molecule has 3 N–H and O–H groups in total. The van der Waals surface area contributed by atoms with E-state index in [-0.39, 0.29) is 30.5 Å². The van der Waals surface area contributed by atoms with Gasteiger partial charge in [-0.1, -0.05) is 0 Å². The molecule has 2 aliphatic rings. The number of aromatic nitrogens is 2. The van der Waals surface area contributed by atoms with Gasteiger partial charge in [-0.05, 0) is 43.8 Å². The number of aromatic amines is 1. The molecule has 0 unspecified atom stereocenters. The largest absolute Gasteiger partial charge is 0.396 e. The highest BCUT2D eigenvalue weighted by Gasteiger charge is 2.45. The second-order valence-corrected chi connectivity index (χ2v) is 6.78. The fourth-order valence-corrected chi connectivity index (χ4v) is 4.12. The fraction of sp³-hybridized carbons (Fsp3) is 0.750. The molecular weight excluding hydrogens is 296 g/mol. The van der Waals surface area contributed by atoms with E-state index in [1.807, 2.05) is 4.90 Å². The highest BCUT2D eigenvalue weighted by Crippen LogP contribution is 2.45. The van der Waals surface area contributed by atoms with Crippen LogP contribution in [0.4, 0.5) is 0 Å². The standard InChI is InChI=1S/C16H26N4O3/c21-10-9-19-6-2-16(3-7-19)4-8-20(11-13(16)12-22)15(23)14-1-5-17-18-14/h1,5,13,21-22H,2-4,6-12H2,(H,17,18)/t13-/m0/s1. The maximum Gasteiger partial charge on any atom is 0.271 e. The van der Waals surface area contributed by atoms with Crippen LogP contribution in [-0.4, -0.2) is 82.1 Å². The van der Waals surface area contributed by atoms with Crippen LogP contribution in [0.5, 0.6) is 0 Å². The molecule has 1 atom stereocenters. The van der Waals surface area contributed by atoms with Crippen molar-refractivity contribution in [2.24, 2.45) is 11.3 Å². The first-order chi connectivity index (χ1) is 11.2. The van der Waals surface area contributed by atoms with Crippen molar-refractivity contribution < 1.29 is 15.0 Å². The van der Waals surface area contributed by atoms with Crippen LogP contribution in [0, 0.1) is 11.3 Å². The third-order valence-electron chi connectivity index (χ3n) is 5.69. The summed E-state index contributed by atoms with van der Waals surface area (Å²) in [5, 5.41) is 25.5. The Morgan fingerprint density at radius 1 is 1.30 bits per heavy atom. The molecule has 1 aromatic heterocycles. The molecule has 3 heterocycles. The van der Waals surface area contributed by atoms with Crippen molar-refractivity contribution in [1.29, 1.82) is 0 Å². The molecule has 1 spiro atoms. The van der Waals surface area contributed by atoms with E-state index in [1.54, 1.807) is 12.3 Å². The van der Waals surface area contributed by atoms with Crippen LogP contribution in [0.2, 0.25) is 0 Å². The molecule has 0 bridgehead atoms. The molecule has 7 nitrogen and oxygen atoms in total. The lowest BCUT2D eigenvalue weighted by atomic mass is 9.64. The van der Waals surface area contributed by atoms with Crippen molar-refractivity contribution >= 4 is 5.91 Å². The van der Waals surface area contributed by atoms with Crippen molar-refractivity contribution in [3.63, 3.8) is 0 Å². The number of hydrogen-bond acceptors (Lipinski definition) is 5. The number of likely N-dealkylation sites (tertiary alicyclic amines) is 2. The van der Waals surface area contributed by atoms with E-state index in [0.717, 1.165) is 45.4 Å². The number of piperidine rings is 2. The van der Waals surface area contributed by atoms with Crippen molar-refractivity contribution in [1.82, 2.24) is 20.0 Å². The molecule has 2 saturated heterocycles. The van der Waals surface area contributed by atoms with Crippen LogP contribution in [0.15, 0.2) is 12.3 Å². The van der Waals surface area contributed by atoms with Gasteiger partial charge in [0.25, 0.3) is 5.91 Å². The summed E-state index contributed by atoms with van der Waals surface area (Å²) >= 11 is 0. The molecule has 1 amide bonds. The summed E-state index contributed by atoms with van der Waals surface area (Å²) in [6, 6.07) is 1.69. The van der Waals surface area contributed by atoms with Gasteiger partial charge in [-0.25, -0.2) is 0 Å². The number of hydrogen-bond donors (Lipinski definition) is 3. The maximum atomic E-state index is 12.5. The van der Waals surface area contributed by atoms with Gasteiger partial charge < -0.3 is 20.0 Å². The Bertz CT molecular complexity index is 511. The van der Waals surface area contributed by atoms with E-state index < -0.39 is 0 Å². The van der Waals surface area contributed by atoms with Crippen molar-refractivity contribution in [2.75, 3.05) is 45.9 Å². The summed E-state index contributed by atoms with van der Waals surface area (Å²) in [5.41, 5.74) is 0.640. The Labute approximate surface area is 136 Å². The van der Waals surface area contributed by atoms with Gasteiger partial charge in [-0.15, -0.1) is 0 Å². The summed E-state index contributed by atoms with van der Waals surface area (Å²) in [6.45, 7) is 4.31. The van der Waals surface area contributed by atoms with E-state index in [0.29, 0.717) is 12.2 Å². The van der Waals surface area contributed by atoms with Crippen LogP contribution in [-0.2, 0) is 0 Å². The molecule has 3 rings (SSSR count). The topological polar surface area (TPSA) is 92.7 Å². The number of β-amino-alcohol motifs (C(OH)–C–C–N with tert-alkyl or cyclic N) is 1. The molecule has 0 aromatic carbocycles. The Hall–Kier alpha value is -1.44. The fourth-order valence-electron chi connectivity index (χ4n) is 4.12. The van der Waals surface area contributed by atoms with Crippen LogP contribution in [0.3, 0.4) is 0 Å². The molecule has 23 heavy (non-hydrogen) atoms. The van der Waals surface area contributed by atoms with Crippen molar-refractivity contribution in [3.8, 4) is 0 Å². The molecular formula is C16H26N4O3. The Morgan fingerprint density at radius 3 is 2.65 bits per heavy atom. The Morgan fingerprint density at radius 2 is 2.04 bits per heavy atom. The third-order valence-corrected chi connectivity index (χ3v) is 5.69. The predicted octanol–water partition coefficient (Wildman–Crippen LogP) is -0.0614. The van der Waals surface area contributed by atoms with Gasteiger partial charge in [0.15, 0.2) is 0 Å². The van der Waals surface area contributed by atoms with Gasteiger partial charge in [0.2, 0.25) is 0 Å². The number of rotatable bonds is 4. The first-order valence-electron chi connectivity index (χ1n) is 8.41. The summed E-state index contributed by atoms with van der Waals surface area (Å²) < 4.78 is 0. The summed E-state index contributed by atoms with van der Waals surface area (Å²) in [7, 11) is 0. The van der Waals surface area contributed by atoms with Crippen LogP contribution >= 0.6 is 0 Å². The summed E-state index contributed by atoms with van der Waals surface area (Å²) in [4.78, 5) is 16.6. The minimum absolute atomic E-state index is 0.0338. The number of amides is 1. The first kappa shape index (κ1) is 16.4. The van der Waals surface area contributed by atoms with E-state index in [4.69, 9.17) is 5.11 Å². The number of aliphatic hydroxyl groups is 2. The molecule has 1 aromatic rings. The summed E-state index contributed by atoms with van der Waals surface area (Å²) in [6.07, 6.45) is 4.58. The zero-order chi connectivity index (χ0) is 16.3. The van der Waals surface area contributed by atoms with Gasteiger partial charge in [0, 0.05) is 38.4 Å². The highest BCUT2D eigenvalue weighted by atomic mass is 16.3. The zero-order valence-corrected chi connectivity index (χ0v) is 13.4. The van der Waals surface area contributed by atoms with E-state index in [2.05, 4.69) is 15.1 Å². The average molecular weight is 322 g/mol. The van der Waals surface area contributed by atoms with Crippen LogP contribution in [0.25, 0.3) is 0 Å². The van der Waals surface area contributed by atoms with Crippen LogP contribution in [0.1, 0.15) is 29.8 Å². The van der Waals surface area contributed by atoms with E-state index in [9.17, 15) is 9.90 Å². The number of nitrogens with one attached hydrogen (secondary N) is 1. The first-order valence-corrected chi connectivity index (χ1v) is 8.41. The summed E-state index contributed by atoms with van der Waals surface area (Å²) in [5.74, 6) is 0.0907. The smallest absolute Gasteiger partial charge is 0.271 e. The van der Waals surface area contributed by atoms with Crippen molar-refractivity contribution in [3.05, 3.63) is 18.0 Å². The number of carbonyl (C=O) groups excluding carboxylic acids is 1. The SMILES string of the molecule is O=C(c1ccn[nH]1)N1CCC2(CCN(CCO)CC2)[C@H](CO)C1. The minimum atomic E-state index is -0.0338. The predicted molar refractivity (Wildman–Crippen MR) is 84.9 cm³/mol. The number of aliphatic hydroxyl groups excluding tert-OH is 2. The second-order valence-electron chi connectivity index (χ2n) is 6.78. The molecule has 128 valence electrons. The lowest BCUT2D eigenvalue weighted by molar-refractivity contribution is -0.0370. The zero-order valence-electron chi connectivity index (χ0n) is 13.4.